The number of hydrogen-bond donors (Lipinski definition) is 2. The van der Waals surface area contributed by atoms with E-state index in [4.69, 9.17) is 17.3 Å². The quantitative estimate of drug-likeness (QED) is 0.872. The third-order valence-corrected chi connectivity index (χ3v) is 6.32. The van der Waals surface area contributed by atoms with Gasteiger partial charge in [0.25, 0.3) is 0 Å². The highest BCUT2D eigenvalue weighted by Gasteiger charge is 2.18. The Hall–Kier alpha value is -0.990. The Morgan fingerprint density at radius 3 is 2.67 bits per heavy atom. The van der Waals surface area contributed by atoms with Crippen molar-refractivity contribution in [3.05, 3.63) is 51.1 Å². The summed E-state index contributed by atoms with van der Waals surface area (Å²) < 4.78 is 40.1. The Labute approximate surface area is 131 Å². The van der Waals surface area contributed by atoms with Crippen molar-refractivity contribution in [2.75, 3.05) is 0 Å². The van der Waals surface area contributed by atoms with E-state index in [0.29, 0.717) is 12.1 Å². The van der Waals surface area contributed by atoms with E-state index >= 15 is 0 Å². The van der Waals surface area contributed by atoms with Crippen LogP contribution in [-0.2, 0) is 23.1 Å². The summed E-state index contributed by atoms with van der Waals surface area (Å²) in [5, 5.41) is -0.0379. The summed E-state index contributed by atoms with van der Waals surface area (Å²) in [6.45, 7) is 2.16. The molecule has 1 aromatic carbocycles. The minimum absolute atomic E-state index is 0.0379. The van der Waals surface area contributed by atoms with Crippen molar-refractivity contribution >= 4 is 33.0 Å². The fourth-order valence-corrected chi connectivity index (χ4v) is 4.46. The molecule has 0 aliphatic heterocycles. The van der Waals surface area contributed by atoms with Gasteiger partial charge in [-0.2, -0.15) is 0 Å². The predicted molar refractivity (Wildman–Crippen MR) is 82.4 cm³/mol. The molecule has 0 unspecified atom stereocenters. The Balaban J connectivity index is 2.15. The SMILES string of the molecule is Cc1cc(S(=O)(=O)NCc2ccc(F)c(Cl)c2)sc1CN. The summed E-state index contributed by atoms with van der Waals surface area (Å²) in [5.74, 6) is -0.537. The molecule has 2 rings (SSSR count). The van der Waals surface area contributed by atoms with Gasteiger partial charge in [0, 0.05) is 18.0 Å². The fourth-order valence-electron chi connectivity index (χ4n) is 1.72. The first kappa shape index (κ1) is 16.4. The van der Waals surface area contributed by atoms with E-state index in [1.165, 1.54) is 18.2 Å². The fraction of sp³-hybridized carbons (Fsp3) is 0.231. The van der Waals surface area contributed by atoms with Crippen LogP contribution in [0, 0.1) is 12.7 Å². The van der Waals surface area contributed by atoms with Gasteiger partial charge in [-0.05, 0) is 36.2 Å². The number of aryl methyl sites for hydroxylation is 1. The molecule has 21 heavy (non-hydrogen) atoms. The lowest BCUT2D eigenvalue weighted by Crippen LogP contribution is -2.22. The van der Waals surface area contributed by atoms with Gasteiger partial charge in [0.1, 0.15) is 10.0 Å². The van der Waals surface area contributed by atoms with Crippen molar-refractivity contribution in [2.24, 2.45) is 5.73 Å². The van der Waals surface area contributed by atoms with E-state index in [0.717, 1.165) is 21.8 Å². The summed E-state index contributed by atoms with van der Waals surface area (Å²) in [4.78, 5) is 0.834. The molecule has 1 aromatic heterocycles. The molecule has 8 heteroatoms. The highest BCUT2D eigenvalue weighted by Crippen LogP contribution is 2.25. The number of halogens is 2. The molecule has 0 saturated carbocycles. The number of nitrogens with two attached hydrogens (primary N) is 1. The van der Waals surface area contributed by atoms with Gasteiger partial charge in [0.15, 0.2) is 0 Å². The molecule has 0 saturated heterocycles. The van der Waals surface area contributed by atoms with E-state index in [1.807, 2.05) is 6.92 Å². The maximum atomic E-state index is 13.0. The third kappa shape index (κ3) is 3.81. The first-order chi connectivity index (χ1) is 9.83. The predicted octanol–water partition coefficient (Wildman–Crippen LogP) is 2.79. The Kier molecular flexibility index (Phi) is 5.00. The summed E-state index contributed by atoms with van der Waals surface area (Å²) in [5.41, 5.74) is 6.98. The van der Waals surface area contributed by atoms with E-state index in [-0.39, 0.29) is 15.8 Å². The first-order valence-corrected chi connectivity index (χ1v) is 8.74. The number of hydrogen-bond acceptors (Lipinski definition) is 4. The van der Waals surface area contributed by atoms with Crippen LogP contribution >= 0.6 is 22.9 Å². The van der Waals surface area contributed by atoms with Crippen molar-refractivity contribution < 1.29 is 12.8 Å². The monoisotopic (exact) mass is 348 g/mol. The number of benzene rings is 1. The lowest BCUT2D eigenvalue weighted by atomic mass is 10.2. The van der Waals surface area contributed by atoms with Gasteiger partial charge in [-0.15, -0.1) is 11.3 Å². The van der Waals surface area contributed by atoms with Gasteiger partial charge in [0.2, 0.25) is 10.0 Å². The number of nitrogens with one attached hydrogen (secondary N) is 1. The smallest absolute Gasteiger partial charge is 0.250 e. The van der Waals surface area contributed by atoms with Crippen molar-refractivity contribution in [1.82, 2.24) is 4.72 Å². The average molecular weight is 349 g/mol. The summed E-state index contributed by atoms with van der Waals surface area (Å²) in [7, 11) is -3.62. The molecular weight excluding hydrogens is 335 g/mol. The average Bonchev–Trinajstić information content (AvgIpc) is 2.82. The first-order valence-electron chi connectivity index (χ1n) is 6.06. The van der Waals surface area contributed by atoms with Crippen LogP contribution in [0.4, 0.5) is 4.39 Å². The largest absolute Gasteiger partial charge is 0.326 e. The van der Waals surface area contributed by atoms with E-state index in [2.05, 4.69) is 4.72 Å². The normalized spacial score (nSPS) is 11.8. The third-order valence-electron chi connectivity index (χ3n) is 2.90. The van der Waals surface area contributed by atoms with Crippen molar-refractivity contribution in [3.8, 4) is 0 Å². The van der Waals surface area contributed by atoms with Crippen LogP contribution in [0.25, 0.3) is 0 Å². The molecule has 4 nitrogen and oxygen atoms in total. The van der Waals surface area contributed by atoms with Crippen LogP contribution in [0.15, 0.2) is 28.5 Å². The second-order valence-corrected chi connectivity index (χ2v) is 7.99. The molecule has 0 bridgehead atoms. The van der Waals surface area contributed by atoms with Crippen molar-refractivity contribution in [1.29, 1.82) is 0 Å². The van der Waals surface area contributed by atoms with Gasteiger partial charge in [0.05, 0.1) is 5.02 Å². The highest BCUT2D eigenvalue weighted by atomic mass is 35.5. The van der Waals surface area contributed by atoms with Crippen LogP contribution in [0.1, 0.15) is 16.0 Å². The molecule has 2 aromatic rings. The zero-order valence-corrected chi connectivity index (χ0v) is 13.6. The van der Waals surface area contributed by atoms with E-state index < -0.39 is 15.8 Å². The minimum atomic E-state index is -3.62. The van der Waals surface area contributed by atoms with Crippen LogP contribution in [0.2, 0.25) is 5.02 Å². The molecule has 114 valence electrons. The molecule has 0 amide bonds. The number of rotatable bonds is 5. The van der Waals surface area contributed by atoms with Crippen LogP contribution in [0.5, 0.6) is 0 Å². The summed E-state index contributed by atoms with van der Waals surface area (Å²) >= 11 is 6.81. The lowest BCUT2D eigenvalue weighted by molar-refractivity contribution is 0.583. The van der Waals surface area contributed by atoms with Gasteiger partial charge >= 0.3 is 0 Å². The maximum absolute atomic E-state index is 13.0. The lowest BCUT2D eigenvalue weighted by Gasteiger charge is -2.05. The molecular formula is C13H14ClFN2O2S2. The van der Waals surface area contributed by atoms with E-state index in [1.54, 1.807) is 6.07 Å². The molecule has 0 radical (unpaired) electrons. The molecule has 0 spiro atoms. The van der Waals surface area contributed by atoms with Crippen LogP contribution in [-0.4, -0.2) is 8.42 Å². The standard InChI is InChI=1S/C13H14ClFN2O2S2/c1-8-4-13(20-12(8)6-16)21(18,19)17-7-9-2-3-11(15)10(14)5-9/h2-5,17H,6-7,16H2,1H3. The van der Waals surface area contributed by atoms with Gasteiger partial charge in [-0.25, -0.2) is 17.5 Å². The van der Waals surface area contributed by atoms with Crippen LogP contribution < -0.4 is 10.5 Å². The summed E-state index contributed by atoms with van der Waals surface area (Å²) in [6.07, 6.45) is 0. The van der Waals surface area contributed by atoms with E-state index in [9.17, 15) is 12.8 Å². The van der Waals surface area contributed by atoms with Gasteiger partial charge in [-0.1, -0.05) is 17.7 Å². The Morgan fingerprint density at radius 2 is 2.10 bits per heavy atom. The van der Waals surface area contributed by atoms with Crippen LogP contribution in [0.3, 0.4) is 0 Å². The van der Waals surface area contributed by atoms with Gasteiger partial charge in [-0.3, -0.25) is 0 Å². The van der Waals surface area contributed by atoms with Gasteiger partial charge < -0.3 is 5.73 Å². The second-order valence-electron chi connectivity index (χ2n) is 4.45. The topological polar surface area (TPSA) is 72.2 Å². The zero-order chi connectivity index (χ0) is 15.6. The number of thiophene rings is 1. The second kappa shape index (κ2) is 6.41. The Morgan fingerprint density at radius 1 is 1.38 bits per heavy atom. The molecule has 1 heterocycles. The maximum Gasteiger partial charge on any atom is 0.250 e. The molecule has 0 aliphatic rings. The molecule has 0 fully saturated rings. The Bertz CT molecular complexity index is 760. The number of sulfonamides is 1. The highest BCUT2D eigenvalue weighted by molar-refractivity contribution is 7.91. The molecule has 0 aliphatic carbocycles. The molecule has 0 atom stereocenters. The molecule has 3 N–H and O–H groups in total. The minimum Gasteiger partial charge on any atom is -0.326 e. The van der Waals surface area contributed by atoms with Crippen molar-refractivity contribution in [3.63, 3.8) is 0 Å². The van der Waals surface area contributed by atoms with Crippen molar-refractivity contribution in [2.45, 2.75) is 24.2 Å². The zero-order valence-electron chi connectivity index (χ0n) is 11.2. The summed E-state index contributed by atoms with van der Waals surface area (Å²) in [6, 6.07) is 5.67.